The highest BCUT2D eigenvalue weighted by molar-refractivity contribution is 6.64. The minimum atomic E-state index is -0.664. The van der Waals surface area contributed by atoms with Gasteiger partial charge in [-0.1, -0.05) is 11.6 Å². The predicted octanol–water partition coefficient (Wildman–Crippen LogP) is 1.18. The van der Waals surface area contributed by atoms with Gasteiger partial charge in [-0.05, 0) is 0 Å². The summed E-state index contributed by atoms with van der Waals surface area (Å²) in [6.45, 7) is 0. The molecule has 0 heterocycles. The summed E-state index contributed by atoms with van der Waals surface area (Å²) in [4.78, 5) is 10.6. The Bertz CT molecular complexity index is 191. The SMILES string of the molecule is COC(=O)C(=N)CCC(=N)Cl. The molecule has 0 saturated heterocycles. The van der Waals surface area contributed by atoms with E-state index in [1.54, 1.807) is 0 Å². The predicted molar refractivity (Wildman–Crippen MR) is 42.6 cm³/mol. The largest absolute Gasteiger partial charge is 0.465 e. The molecule has 0 radical (unpaired) electrons. The lowest BCUT2D eigenvalue weighted by Crippen LogP contribution is -2.14. The maximum atomic E-state index is 10.6. The van der Waals surface area contributed by atoms with Crippen molar-refractivity contribution >= 4 is 28.5 Å². The van der Waals surface area contributed by atoms with E-state index < -0.39 is 5.97 Å². The van der Waals surface area contributed by atoms with Crippen LogP contribution in [0.4, 0.5) is 0 Å². The van der Waals surface area contributed by atoms with E-state index in [4.69, 9.17) is 22.4 Å². The van der Waals surface area contributed by atoms with Gasteiger partial charge in [0.05, 0.1) is 12.3 Å². The van der Waals surface area contributed by atoms with Crippen molar-refractivity contribution in [2.45, 2.75) is 12.8 Å². The number of esters is 1. The second kappa shape index (κ2) is 4.85. The molecule has 0 fully saturated rings. The fraction of sp³-hybridized carbons (Fsp3) is 0.500. The average molecular weight is 177 g/mol. The summed E-state index contributed by atoms with van der Waals surface area (Å²) in [6.07, 6.45) is 0.379. The Balaban J connectivity index is 3.70. The Morgan fingerprint density at radius 3 is 2.36 bits per heavy atom. The van der Waals surface area contributed by atoms with Gasteiger partial charge in [-0.25, -0.2) is 4.79 Å². The first-order valence-electron chi connectivity index (χ1n) is 2.96. The van der Waals surface area contributed by atoms with Crippen LogP contribution in [0, 0.1) is 10.8 Å². The van der Waals surface area contributed by atoms with Crippen molar-refractivity contribution in [3.63, 3.8) is 0 Å². The summed E-state index contributed by atoms with van der Waals surface area (Å²) in [7, 11) is 1.21. The third kappa shape index (κ3) is 4.50. The molecule has 0 bridgehead atoms. The molecule has 0 amide bonds. The monoisotopic (exact) mass is 176 g/mol. The zero-order valence-corrected chi connectivity index (χ0v) is 6.86. The molecule has 0 aliphatic heterocycles. The summed E-state index contributed by atoms with van der Waals surface area (Å²) in [6, 6.07) is 0. The van der Waals surface area contributed by atoms with E-state index in [-0.39, 0.29) is 23.7 Å². The standard InChI is InChI=1S/C6H9ClN2O2/c1-11-6(10)4(8)2-3-5(7)9/h8-9H,2-3H2,1H3. The van der Waals surface area contributed by atoms with Crippen molar-refractivity contribution in [2.75, 3.05) is 7.11 Å². The van der Waals surface area contributed by atoms with Gasteiger partial charge in [-0.2, -0.15) is 0 Å². The van der Waals surface area contributed by atoms with Crippen LogP contribution in [0.1, 0.15) is 12.8 Å². The van der Waals surface area contributed by atoms with E-state index in [1.807, 2.05) is 0 Å². The van der Waals surface area contributed by atoms with Crippen molar-refractivity contribution in [1.82, 2.24) is 0 Å². The first-order valence-corrected chi connectivity index (χ1v) is 3.34. The summed E-state index contributed by atoms with van der Waals surface area (Å²) < 4.78 is 4.27. The summed E-state index contributed by atoms with van der Waals surface area (Å²) in [5, 5.41) is 13.8. The van der Waals surface area contributed by atoms with Gasteiger partial charge in [0.25, 0.3) is 0 Å². The van der Waals surface area contributed by atoms with Crippen LogP contribution in [-0.4, -0.2) is 24.0 Å². The Hall–Kier alpha value is -0.900. The van der Waals surface area contributed by atoms with Gasteiger partial charge < -0.3 is 4.74 Å². The van der Waals surface area contributed by atoms with E-state index in [0.717, 1.165) is 0 Å². The molecule has 0 aliphatic carbocycles. The van der Waals surface area contributed by atoms with E-state index >= 15 is 0 Å². The normalized spacial score (nSPS) is 8.91. The number of ether oxygens (including phenoxy) is 1. The second-order valence-electron chi connectivity index (χ2n) is 1.88. The highest BCUT2D eigenvalue weighted by Gasteiger charge is 2.08. The van der Waals surface area contributed by atoms with Crippen LogP contribution < -0.4 is 0 Å². The number of halogens is 1. The van der Waals surface area contributed by atoms with Crippen LogP contribution in [0.2, 0.25) is 0 Å². The van der Waals surface area contributed by atoms with E-state index in [0.29, 0.717) is 0 Å². The Morgan fingerprint density at radius 1 is 1.45 bits per heavy atom. The molecule has 2 N–H and O–H groups in total. The Kier molecular flexibility index (Phi) is 4.45. The summed E-state index contributed by atoms with van der Waals surface area (Å²) in [5.74, 6) is -0.664. The van der Waals surface area contributed by atoms with Crippen LogP contribution in [0.25, 0.3) is 0 Å². The number of hydrogen-bond acceptors (Lipinski definition) is 4. The topological polar surface area (TPSA) is 74.0 Å². The quantitative estimate of drug-likeness (QED) is 0.499. The van der Waals surface area contributed by atoms with Crippen molar-refractivity contribution in [3.05, 3.63) is 0 Å². The fourth-order valence-corrected chi connectivity index (χ4v) is 0.554. The molecule has 0 rings (SSSR count). The zero-order valence-electron chi connectivity index (χ0n) is 6.11. The first kappa shape index (κ1) is 10.1. The average Bonchev–Trinajstić information content (AvgIpc) is 1.98. The number of carbonyl (C=O) groups is 1. The minimum absolute atomic E-state index is 0.0568. The molecule has 4 nitrogen and oxygen atoms in total. The van der Waals surface area contributed by atoms with Gasteiger partial charge in [0, 0.05) is 12.8 Å². The number of nitrogens with one attached hydrogen (secondary N) is 2. The molecule has 0 spiro atoms. The molecule has 62 valence electrons. The smallest absolute Gasteiger partial charge is 0.351 e. The van der Waals surface area contributed by atoms with Crippen molar-refractivity contribution in [1.29, 1.82) is 10.8 Å². The van der Waals surface area contributed by atoms with Gasteiger partial charge in [-0.15, -0.1) is 0 Å². The third-order valence-corrected chi connectivity index (χ3v) is 1.22. The summed E-state index contributed by atoms with van der Waals surface area (Å²) in [5.41, 5.74) is -0.155. The van der Waals surface area contributed by atoms with Gasteiger partial charge >= 0.3 is 5.97 Å². The van der Waals surface area contributed by atoms with Gasteiger partial charge in [0.1, 0.15) is 5.71 Å². The zero-order chi connectivity index (χ0) is 8.85. The molecule has 0 aromatic rings. The molecule has 0 unspecified atom stereocenters. The van der Waals surface area contributed by atoms with Crippen molar-refractivity contribution in [3.8, 4) is 0 Å². The number of hydrogen-bond donors (Lipinski definition) is 2. The van der Waals surface area contributed by atoms with Crippen LogP contribution >= 0.6 is 11.6 Å². The lowest BCUT2D eigenvalue weighted by atomic mass is 10.2. The summed E-state index contributed by atoms with van der Waals surface area (Å²) >= 11 is 5.20. The lowest BCUT2D eigenvalue weighted by Gasteiger charge is -1.98. The maximum Gasteiger partial charge on any atom is 0.351 e. The third-order valence-electron chi connectivity index (χ3n) is 1.03. The molecule has 0 aromatic carbocycles. The molecule has 0 saturated carbocycles. The van der Waals surface area contributed by atoms with E-state index in [1.165, 1.54) is 7.11 Å². The molecular formula is C6H9ClN2O2. The number of rotatable bonds is 4. The second-order valence-corrected chi connectivity index (χ2v) is 2.33. The van der Waals surface area contributed by atoms with Crippen LogP contribution in [-0.2, 0) is 9.53 Å². The molecule has 0 aliphatic rings. The molecule has 5 heteroatoms. The number of methoxy groups -OCH3 is 1. The maximum absolute atomic E-state index is 10.6. The fourth-order valence-electron chi connectivity index (χ4n) is 0.460. The number of carbonyl (C=O) groups excluding carboxylic acids is 1. The molecular weight excluding hydrogens is 168 g/mol. The van der Waals surface area contributed by atoms with Crippen LogP contribution in [0.15, 0.2) is 0 Å². The lowest BCUT2D eigenvalue weighted by molar-refractivity contribution is -0.132. The molecule has 0 atom stereocenters. The van der Waals surface area contributed by atoms with Crippen molar-refractivity contribution in [2.24, 2.45) is 0 Å². The van der Waals surface area contributed by atoms with Gasteiger partial charge in [0.2, 0.25) is 0 Å². The van der Waals surface area contributed by atoms with Gasteiger partial charge in [0.15, 0.2) is 0 Å². The van der Waals surface area contributed by atoms with E-state index in [9.17, 15) is 4.79 Å². The molecule has 0 aromatic heterocycles. The Labute approximate surface area is 69.5 Å². The van der Waals surface area contributed by atoms with Crippen LogP contribution in [0.5, 0.6) is 0 Å². The van der Waals surface area contributed by atoms with Gasteiger partial charge in [-0.3, -0.25) is 10.8 Å². The minimum Gasteiger partial charge on any atom is -0.465 e. The molecule has 11 heavy (non-hydrogen) atoms. The highest BCUT2D eigenvalue weighted by Crippen LogP contribution is 1.97. The first-order chi connectivity index (χ1) is 5.07. The highest BCUT2D eigenvalue weighted by atomic mass is 35.5. The van der Waals surface area contributed by atoms with Crippen molar-refractivity contribution < 1.29 is 9.53 Å². The van der Waals surface area contributed by atoms with E-state index in [2.05, 4.69) is 4.74 Å². The van der Waals surface area contributed by atoms with Crippen LogP contribution in [0.3, 0.4) is 0 Å². The Morgan fingerprint density at radius 2 is 2.00 bits per heavy atom.